The van der Waals surface area contributed by atoms with Gasteiger partial charge in [0.25, 0.3) is 5.91 Å². The Balaban J connectivity index is 2.32. The molecule has 2 aromatic rings. The Morgan fingerprint density at radius 2 is 1.95 bits per heavy atom. The van der Waals surface area contributed by atoms with Crippen molar-refractivity contribution in [3.8, 4) is 0 Å². The molecule has 0 saturated carbocycles. The van der Waals surface area contributed by atoms with Crippen LogP contribution in [-0.4, -0.2) is 5.91 Å². The number of carbonyl (C=O) groups excluding carboxylic acids is 1. The van der Waals surface area contributed by atoms with Crippen LogP contribution in [-0.2, 0) is 0 Å². The second-order valence-electron chi connectivity index (χ2n) is 3.91. The van der Waals surface area contributed by atoms with Gasteiger partial charge in [0, 0.05) is 9.13 Å². The smallest absolute Gasteiger partial charge is 0.255 e. The fraction of sp³-hybridized carbons (Fsp3) is 0. The first kappa shape index (κ1) is 15.0. The highest BCUT2D eigenvalue weighted by atomic mass is 127. The number of amides is 1. The Labute approximate surface area is 132 Å². The van der Waals surface area contributed by atoms with Crippen LogP contribution >= 0.6 is 34.2 Å². The molecule has 2 aromatic carbocycles. The van der Waals surface area contributed by atoms with E-state index in [0.29, 0.717) is 5.02 Å². The van der Waals surface area contributed by atoms with Gasteiger partial charge >= 0.3 is 0 Å². The third-order valence-corrected chi connectivity index (χ3v) is 4.12. The van der Waals surface area contributed by atoms with Gasteiger partial charge in [0.15, 0.2) is 11.6 Å². The van der Waals surface area contributed by atoms with E-state index in [1.807, 2.05) is 22.6 Å². The lowest BCUT2D eigenvalue weighted by molar-refractivity contribution is 0.102. The molecule has 20 heavy (non-hydrogen) atoms. The van der Waals surface area contributed by atoms with Crippen LogP contribution in [0.5, 0.6) is 0 Å². The van der Waals surface area contributed by atoms with Crippen LogP contribution in [0, 0.1) is 15.2 Å². The molecule has 1 amide bonds. The lowest BCUT2D eigenvalue weighted by Crippen LogP contribution is -2.15. The van der Waals surface area contributed by atoms with Crippen LogP contribution in [0.1, 0.15) is 10.4 Å². The summed E-state index contributed by atoms with van der Waals surface area (Å²) in [7, 11) is 0. The molecule has 0 aromatic heterocycles. The molecule has 7 heteroatoms. The first-order valence-corrected chi connectivity index (χ1v) is 6.85. The average molecular weight is 409 g/mol. The maximum atomic E-state index is 13.6. The van der Waals surface area contributed by atoms with Crippen LogP contribution in [0.15, 0.2) is 30.3 Å². The van der Waals surface area contributed by atoms with Gasteiger partial charge < -0.3 is 11.1 Å². The standard InChI is InChI=1S/C13H8ClF2IN2O/c14-7-5-6(1-3-9(7)17)13(20)19-12-10(18)4-2-8(15)11(12)16/h1-5H,18H2,(H,19,20). The van der Waals surface area contributed by atoms with Crippen LogP contribution in [0.25, 0.3) is 0 Å². The molecule has 0 fully saturated rings. The van der Waals surface area contributed by atoms with Crippen molar-refractivity contribution < 1.29 is 13.6 Å². The van der Waals surface area contributed by atoms with Gasteiger partial charge in [0.2, 0.25) is 0 Å². The minimum absolute atomic E-state index is 0.0612. The van der Waals surface area contributed by atoms with Crippen molar-refractivity contribution >= 4 is 51.5 Å². The Morgan fingerprint density at radius 3 is 2.60 bits per heavy atom. The first-order chi connectivity index (χ1) is 9.40. The molecular weight excluding hydrogens is 401 g/mol. The topological polar surface area (TPSA) is 55.1 Å². The normalized spacial score (nSPS) is 10.4. The zero-order valence-electron chi connectivity index (χ0n) is 9.88. The van der Waals surface area contributed by atoms with E-state index in [0.717, 1.165) is 9.64 Å². The lowest BCUT2D eigenvalue weighted by Gasteiger charge is -2.10. The van der Waals surface area contributed by atoms with Gasteiger partial charge in [-0.2, -0.15) is 0 Å². The van der Waals surface area contributed by atoms with Crippen molar-refractivity contribution in [1.82, 2.24) is 0 Å². The highest BCUT2D eigenvalue weighted by Crippen LogP contribution is 2.26. The van der Waals surface area contributed by atoms with E-state index in [-0.39, 0.29) is 16.9 Å². The third kappa shape index (κ3) is 3.01. The second-order valence-corrected chi connectivity index (χ2v) is 5.48. The van der Waals surface area contributed by atoms with Gasteiger partial charge in [-0.25, -0.2) is 8.78 Å². The summed E-state index contributed by atoms with van der Waals surface area (Å²) in [4.78, 5) is 12.0. The van der Waals surface area contributed by atoms with E-state index >= 15 is 0 Å². The zero-order chi connectivity index (χ0) is 14.9. The number of anilines is 2. The van der Waals surface area contributed by atoms with Gasteiger partial charge in [-0.1, -0.05) is 11.6 Å². The summed E-state index contributed by atoms with van der Waals surface area (Å²) in [6.07, 6.45) is 0. The molecule has 0 aliphatic heterocycles. The summed E-state index contributed by atoms with van der Waals surface area (Å²) in [5.74, 6) is -2.91. The molecule has 0 aliphatic carbocycles. The highest BCUT2D eigenvalue weighted by Gasteiger charge is 2.16. The summed E-state index contributed by atoms with van der Waals surface area (Å²) in [6, 6.07) is 6.67. The van der Waals surface area contributed by atoms with Crippen LogP contribution in [0.4, 0.5) is 20.2 Å². The Morgan fingerprint density at radius 1 is 1.25 bits per heavy atom. The van der Waals surface area contributed by atoms with Gasteiger partial charge in [-0.15, -0.1) is 0 Å². The number of rotatable bonds is 2. The molecule has 0 heterocycles. The number of nitrogen functional groups attached to an aromatic ring is 1. The summed E-state index contributed by atoms with van der Waals surface area (Å²) in [5.41, 5.74) is 5.30. The second kappa shape index (κ2) is 5.92. The number of nitrogens with two attached hydrogens (primary N) is 1. The summed E-state index contributed by atoms with van der Waals surface area (Å²) < 4.78 is 27.5. The predicted molar refractivity (Wildman–Crippen MR) is 82.9 cm³/mol. The minimum atomic E-state index is -1.20. The number of carbonyl (C=O) groups is 1. The lowest BCUT2D eigenvalue weighted by atomic mass is 10.2. The average Bonchev–Trinajstić information content (AvgIpc) is 2.42. The molecule has 0 spiro atoms. The fourth-order valence-corrected chi connectivity index (χ4v) is 2.03. The van der Waals surface area contributed by atoms with E-state index in [1.54, 1.807) is 6.07 Å². The quantitative estimate of drug-likeness (QED) is 0.582. The van der Waals surface area contributed by atoms with Crippen molar-refractivity contribution in [3.05, 3.63) is 56.1 Å². The van der Waals surface area contributed by atoms with Crippen molar-refractivity contribution in [2.24, 2.45) is 0 Å². The van der Waals surface area contributed by atoms with E-state index in [4.69, 9.17) is 17.3 Å². The summed E-state index contributed by atoms with van der Waals surface area (Å²) in [5, 5.41) is 2.64. The van der Waals surface area contributed by atoms with Crippen molar-refractivity contribution in [2.75, 3.05) is 11.1 Å². The molecule has 0 aliphatic rings. The SMILES string of the molecule is Nc1ccc(F)c(F)c1NC(=O)c1ccc(I)c(Cl)c1. The van der Waals surface area contributed by atoms with Crippen molar-refractivity contribution in [3.63, 3.8) is 0 Å². The maximum absolute atomic E-state index is 13.6. The molecule has 3 nitrogen and oxygen atoms in total. The predicted octanol–water partition coefficient (Wildman–Crippen LogP) is 4.06. The molecule has 0 atom stereocenters. The van der Waals surface area contributed by atoms with E-state index in [9.17, 15) is 13.6 Å². The first-order valence-electron chi connectivity index (χ1n) is 5.40. The van der Waals surface area contributed by atoms with E-state index in [1.165, 1.54) is 18.2 Å². The van der Waals surface area contributed by atoms with E-state index < -0.39 is 17.5 Å². The Kier molecular flexibility index (Phi) is 4.44. The summed E-state index contributed by atoms with van der Waals surface area (Å²) >= 11 is 7.91. The van der Waals surface area contributed by atoms with Crippen molar-refractivity contribution in [2.45, 2.75) is 0 Å². The van der Waals surface area contributed by atoms with E-state index in [2.05, 4.69) is 5.32 Å². The van der Waals surface area contributed by atoms with Crippen molar-refractivity contribution in [1.29, 1.82) is 0 Å². The molecule has 2 rings (SSSR count). The number of hydrogen-bond donors (Lipinski definition) is 2. The number of nitrogens with one attached hydrogen (secondary N) is 1. The zero-order valence-corrected chi connectivity index (χ0v) is 12.8. The molecule has 0 bridgehead atoms. The molecule has 0 saturated heterocycles. The molecule has 104 valence electrons. The molecule has 0 unspecified atom stereocenters. The Hall–Kier alpha value is -1.41. The maximum Gasteiger partial charge on any atom is 0.255 e. The monoisotopic (exact) mass is 408 g/mol. The van der Waals surface area contributed by atoms with Gasteiger partial charge in [0.05, 0.1) is 10.7 Å². The fourth-order valence-electron chi connectivity index (χ4n) is 1.52. The Bertz CT molecular complexity index is 694. The van der Waals surface area contributed by atoms with Gasteiger partial charge in [0.1, 0.15) is 5.69 Å². The van der Waals surface area contributed by atoms with Gasteiger partial charge in [-0.05, 0) is 52.9 Å². The number of benzene rings is 2. The third-order valence-electron chi connectivity index (χ3n) is 2.55. The molecule has 3 N–H and O–H groups in total. The number of halogens is 4. The summed E-state index contributed by atoms with van der Waals surface area (Å²) in [6.45, 7) is 0. The highest BCUT2D eigenvalue weighted by molar-refractivity contribution is 14.1. The molecular formula is C13H8ClF2IN2O. The van der Waals surface area contributed by atoms with Crippen LogP contribution < -0.4 is 11.1 Å². The van der Waals surface area contributed by atoms with Gasteiger partial charge in [-0.3, -0.25) is 4.79 Å². The van der Waals surface area contributed by atoms with Crippen LogP contribution in [0.3, 0.4) is 0 Å². The number of hydrogen-bond acceptors (Lipinski definition) is 2. The molecule has 0 radical (unpaired) electrons. The largest absolute Gasteiger partial charge is 0.397 e. The minimum Gasteiger partial charge on any atom is -0.397 e. The van der Waals surface area contributed by atoms with Crippen LogP contribution in [0.2, 0.25) is 5.02 Å².